The molecule has 2 heterocycles. The molecule has 0 radical (unpaired) electrons. The molecule has 1 aromatic rings. The molecule has 5 heteroatoms. The number of carbonyl (C=O) groups excluding carboxylic acids is 2. The summed E-state index contributed by atoms with van der Waals surface area (Å²) in [6, 6.07) is 8.27. The molecule has 2 saturated heterocycles. The highest BCUT2D eigenvalue weighted by molar-refractivity contribution is 6.00. The van der Waals surface area contributed by atoms with Crippen molar-refractivity contribution in [3.8, 4) is 0 Å². The maximum Gasteiger partial charge on any atom is 0.227 e. The van der Waals surface area contributed by atoms with E-state index in [9.17, 15) is 9.59 Å². The lowest BCUT2D eigenvalue weighted by molar-refractivity contribution is -0.135. The molecule has 1 aromatic carbocycles. The predicted molar refractivity (Wildman–Crippen MR) is 105 cm³/mol. The summed E-state index contributed by atoms with van der Waals surface area (Å²) in [5, 5.41) is 0. The summed E-state index contributed by atoms with van der Waals surface area (Å²) in [7, 11) is 0. The number of anilines is 2. The Labute approximate surface area is 156 Å². The van der Waals surface area contributed by atoms with E-state index in [0.29, 0.717) is 26.1 Å². The van der Waals surface area contributed by atoms with Crippen LogP contribution in [-0.2, 0) is 9.59 Å². The minimum Gasteiger partial charge on any atom is -0.372 e. The van der Waals surface area contributed by atoms with E-state index in [0.717, 1.165) is 24.7 Å². The lowest BCUT2D eigenvalue weighted by Crippen LogP contribution is -2.37. The Morgan fingerprint density at radius 3 is 2.23 bits per heavy atom. The zero-order chi connectivity index (χ0) is 18.7. The molecule has 2 aliphatic rings. The summed E-state index contributed by atoms with van der Waals surface area (Å²) >= 11 is 0. The molecule has 0 bridgehead atoms. The standard InChI is InChI=1S/C21H31N3O2/c1-4-22(5-2)21(26)17-14-20(25)24(15-17)19-8-6-18(7-9-19)23-12-10-16(3)11-13-23/h6-9,16-17H,4-5,10-15H2,1-3H3. The van der Waals surface area contributed by atoms with Gasteiger partial charge in [0.1, 0.15) is 0 Å². The molecule has 1 unspecified atom stereocenters. The van der Waals surface area contributed by atoms with Gasteiger partial charge in [0, 0.05) is 50.5 Å². The van der Waals surface area contributed by atoms with Gasteiger partial charge in [0.15, 0.2) is 0 Å². The summed E-state index contributed by atoms with van der Waals surface area (Å²) < 4.78 is 0. The Bertz CT molecular complexity index is 631. The first kappa shape index (κ1) is 18.7. The van der Waals surface area contributed by atoms with Gasteiger partial charge in [0.25, 0.3) is 0 Å². The van der Waals surface area contributed by atoms with Gasteiger partial charge in [-0.1, -0.05) is 6.92 Å². The van der Waals surface area contributed by atoms with Gasteiger partial charge in [0.05, 0.1) is 5.92 Å². The highest BCUT2D eigenvalue weighted by Gasteiger charge is 2.36. The van der Waals surface area contributed by atoms with E-state index < -0.39 is 0 Å². The Morgan fingerprint density at radius 2 is 1.65 bits per heavy atom. The third-order valence-electron chi connectivity index (χ3n) is 5.86. The molecule has 0 saturated carbocycles. The van der Waals surface area contributed by atoms with Crippen molar-refractivity contribution in [2.45, 2.75) is 40.0 Å². The fraction of sp³-hybridized carbons (Fsp3) is 0.619. The van der Waals surface area contributed by atoms with Crippen LogP contribution in [0.3, 0.4) is 0 Å². The SMILES string of the molecule is CCN(CC)C(=O)C1CC(=O)N(c2ccc(N3CCC(C)CC3)cc2)C1. The smallest absolute Gasteiger partial charge is 0.227 e. The summed E-state index contributed by atoms with van der Waals surface area (Å²) in [5.41, 5.74) is 2.13. The number of rotatable bonds is 5. The monoisotopic (exact) mass is 357 g/mol. The molecule has 2 aliphatic heterocycles. The molecule has 0 aromatic heterocycles. The van der Waals surface area contributed by atoms with Gasteiger partial charge in [-0.05, 0) is 56.9 Å². The Morgan fingerprint density at radius 1 is 1.08 bits per heavy atom. The van der Waals surface area contributed by atoms with Crippen LogP contribution in [-0.4, -0.2) is 49.4 Å². The van der Waals surface area contributed by atoms with Crippen LogP contribution >= 0.6 is 0 Å². The number of benzene rings is 1. The van der Waals surface area contributed by atoms with Crippen LogP contribution in [0.4, 0.5) is 11.4 Å². The molecule has 0 aliphatic carbocycles. The lowest BCUT2D eigenvalue weighted by Gasteiger charge is -2.32. The van der Waals surface area contributed by atoms with Gasteiger partial charge >= 0.3 is 0 Å². The summed E-state index contributed by atoms with van der Waals surface area (Å²) in [4.78, 5) is 31.0. The molecule has 26 heavy (non-hydrogen) atoms. The van der Waals surface area contributed by atoms with E-state index in [-0.39, 0.29) is 17.7 Å². The van der Waals surface area contributed by atoms with Crippen molar-refractivity contribution in [2.75, 3.05) is 42.5 Å². The summed E-state index contributed by atoms with van der Waals surface area (Å²) in [6.45, 7) is 10.4. The average molecular weight is 357 g/mol. The first-order valence-corrected chi connectivity index (χ1v) is 9.97. The fourth-order valence-electron chi connectivity index (χ4n) is 4.03. The van der Waals surface area contributed by atoms with E-state index in [2.05, 4.69) is 24.0 Å². The highest BCUT2D eigenvalue weighted by Crippen LogP contribution is 2.29. The van der Waals surface area contributed by atoms with E-state index in [1.165, 1.54) is 18.5 Å². The van der Waals surface area contributed by atoms with Crippen LogP contribution in [0.25, 0.3) is 0 Å². The quantitative estimate of drug-likeness (QED) is 0.813. The summed E-state index contributed by atoms with van der Waals surface area (Å²) in [6.07, 6.45) is 2.80. The maximum absolute atomic E-state index is 12.6. The van der Waals surface area contributed by atoms with Gasteiger partial charge in [-0.15, -0.1) is 0 Å². The molecule has 5 nitrogen and oxygen atoms in total. The number of hydrogen-bond donors (Lipinski definition) is 0. The third-order valence-corrected chi connectivity index (χ3v) is 5.86. The van der Waals surface area contributed by atoms with Gasteiger partial charge in [-0.2, -0.15) is 0 Å². The summed E-state index contributed by atoms with van der Waals surface area (Å²) in [5.74, 6) is 0.749. The van der Waals surface area contributed by atoms with Crippen LogP contribution in [0.5, 0.6) is 0 Å². The van der Waals surface area contributed by atoms with Crippen LogP contribution in [0.1, 0.15) is 40.0 Å². The largest absolute Gasteiger partial charge is 0.372 e. The molecule has 1 atom stereocenters. The van der Waals surface area contributed by atoms with Crippen LogP contribution in [0.15, 0.2) is 24.3 Å². The highest BCUT2D eigenvalue weighted by atomic mass is 16.2. The number of amides is 2. The number of piperidine rings is 1. The second kappa shape index (κ2) is 8.11. The van der Waals surface area contributed by atoms with Crippen molar-refractivity contribution in [3.63, 3.8) is 0 Å². The van der Waals surface area contributed by atoms with Crippen LogP contribution in [0, 0.1) is 11.8 Å². The van der Waals surface area contributed by atoms with Crippen molar-refractivity contribution in [3.05, 3.63) is 24.3 Å². The fourth-order valence-corrected chi connectivity index (χ4v) is 4.03. The first-order chi connectivity index (χ1) is 12.5. The van der Waals surface area contributed by atoms with Crippen molar-refractivity contribution >= 4 is 23.2 Å². The van der Waals surface area contributed by atoms with Crippen molar-refractivity contribution in [2.24, 2.45) is 11.8 Å². The number of hydrogen-bond acceptors (Lipinski definition) is 3. The van der Waals surface area contributed by atoms with E-state index in [1.54, 1.807) is 4.90 Å². The number of nitrogens with zero attached hydrogens (tertiary/aromatic N) is 3. The maximum atomic E-state index is 12.6. The van der Waals surface area contributed by atoms with Gasteiger partial charge in [0.2, 0.25) is 11.8 Å². The molecule has 0 N–H and O–H groups in total. The average Bonchev–Trinajstić information content (AvgIpc) is 3.05. The van der Waals surface area contributed by atoms with E-state index in [4.69, 9.17) is 0 Å². The molecule has 142 valence electrons. The topological polar surface area (TPSA) is 43.9 Å². The van der Waals surface area contributed by atoms with Gasteiger partial charge in [-0.25, -0.2) is 0 Å². The van der Waals surface area contributed by atoms with Crippen molar-refractivity contribution < 1.29 is 9.59 Å². The van der Waals surface area contributed by atoms with Crippen molar-refractivity contribution in [1.29, 1.82) is 0 Å². The first-order valence-electron chi connectivity index (χ1n) is 9.97. The van der Waals surface area contributed by atoms with Gasteiger partial charge < -0.3 is 14.7 Å². The number of carbonyl (C=O) groups is 2. The van der Waals surface area contributed by atoms with Gasteiger partial charge in [-0.3, -0.25) is 9.59 Å². The second-order valence-electron chi connectivity index (χ2n) is 7.60. The molecule has 2 amide bonds. The molecule has 2 fully saturated rings. The Hall–Kier alpha value is -2.04. The van der Waals surface area contributed by atoms with E-state index >= 15 is 0 Å². The zero-order valence-corrected chi connectivity index (χ0v) is 16.3. The molecular formula is C21H31N3O2. The lowest BCUT2D eigenvalue weighted by atomic mass is 9.99. The molecule has 3 rings (SSSR count). The van der Waals surface area contributed by atoms with Crippen LogP contribution < -0.4 is 9.80 Å². The zero-order valence-electron chi connectivity index (χ0n) is 16.3. The molecular weight excluding hydrogens is 326 g/mol. The van der Waals surface area contributed by atoms with Crippen LogP contribution in [0.2, 0.25) is 0 Å². The Kier molecular flexibility index (Phi) is 5.84. The van der Waals surface area contributed by atoms with Crippen molar-refractivity contribution in [1.82, 2.24) is 4.90 Å². The minimum absolute atomic E-state index is 0.0510. The normalized spacial score (nSPS) is 21.3. The minimum atomic E-state index is -0.217. The molecule has 0 spiro atoms. The van der Waals surface area contributed by atoms with E-state index in [1.807, 2.05) is 30.9 Å². The predicted octanol–water partition coefficient (Wildman–Crippen LogP) is 3.14. The second-order valence-corrected chi connectivity index (χ2v) is 7.60. The Balaban J connectivity index is 1.66. The third kappa shape index (κ3) is 3.87.